The van der Waals surface area contributed by atoms with Gasteiger partial charge in [0.25, 0.3) is 0 Å². The first kappa shape index (κ1) is 14.3. The van der Waals surface area contributed by atoms with Crippen molar-refractivity contribution >= 4 is 29.3 Å². The Morgan fingerprint density at radius 2 is 1.62 bits per heavy atom. The van der Waals surface area contributed by atoms with Crippen molar-refractivity contribution in [3.63, 3.8) is 0 Å². The van der Waals surface area contributed by atoms with Crippen LogP contribution in [0.1, 0.15) is 15.9 Å². The van der Waals surface area contributed by atoms with Crippen LogP contribution >= 0.6 is 0 Å². The smallest absolute Gasteiger partial charge is 0.335 e. The lowest BCUT2D eigenvalue weighted by Gasteiger charge is -2.02. The van der Waals surface area contributed by atoms with Gasteiger partial charge in [-0.25, -0.2) is 4.79 Å². The molecule has 0 radical (unpaired) electrons. The zero-order valence-electron chi connectivity index (χ0n) is 11.1. The molecule has 0 saturated carbocycles. The number of rotatable bonds is 4. The van der Waals surface area contributed by atoms with Crippen molar-refractivity contribution in [3.8, 4) is 0 Å². The van der Waals surface area contributed by atoms with E-state index in [2.05, 4.69) is 5.32 Å². The number of anilines is 2. The molecule has 2 aromatic rings. The number of nitrogens with two attached hydrogens (primary N) is 1. The molecule has 5 nitrogen and oxygen atoms in total. The first-order valence-electron chi connectivity index (χ1n) is 6.22. The number of carboxylic acids is 1. The number of carbonyl (C=O) groups excluding carboxylic acids is 1. The van der Waals surface area contributed by atoms with E-state index in [4.69, 9.17) is 10.8 Å². The van der Waals surface area contributed by atoms with Gasteiger partial charge in [0.1, 0.15) is 0 Å². The quantitative estimate of drug-likeness (QED) is 0.593. The summed E-state index contributed by atoms with van der Waals surface area (Å²) in [6.07, 6.45) is 3.07. The van der Waals surface area contributed by atoms with Crippen molar-refractivity contribution in [1.29, 1.82) is 0 Å². The molecule has 2 rings (SSSR count). The van der Waals surface area contributed by atoms with Crippen LogP contribution in [0.25, 0.3) is 6.08 Å². The van der Waals surface area contributed by atoms with Gasteiger partial charge in [0.15, 0.2) is 0 Å². The van der Waals surface area contributed by atoms with Gasteiger partial charge in [0.2, 0.25) is 5.91 Å². The summed E-state index contributed by atoms with van der Waals surface area (Å²) < 4.78 is 0. The van der Waals surface area contributed by atoms with Crippen LogP contribution in [0.2, 0.25) is 0 Å². The molecule has 0 bridgehead atoms. The van der Waals surface area contributed by atoms with Crippen LogP contribution in [0.4, 0.5) is 11.4 Å². The number of hydrogen-bond acceptors (Lipinski definition) is 3. The minimum absolute atomic E-state index is 0.172. The summed E-state index contributed by atoms with van der Waals surface area (Å²) in [5.41, 5.74) is 7.80. The molecule has 0 atom stereocenters. The van der Waals surface area contributed by atoms with Crippen molar-refractivity contribution in [3.05, 3.63) is 65.7 Å². The van der Waals surface area contributed by atoms with Gasteiger partial charge in [0, 0.05) is 17.5 Å². The van der Waals surface area contributed by atoms with Crippen molar-refractivity contribution in [1.82, 2.24) is 0 Å². The Balaban J connectivity index is 1.98. The number of carboxylic acid groups (broad SMARTS) is 1. The van der Waals surface area contributed by atoms with Crippen LogP contribution in [-0.2, 0) is 4.79 Å². The number of nitrogen functional groups attached to an aromatic ring is 1. The lowest BCUT2D eigenvalue weighted by molar-refractivity contribution is -0.111. The number of amides is 1. The second-order valence-corrected chi connectivity index (χ2v) is 4.37. The molecular formula is C16H14N2O3. The number of aromatic carboxylic acids is 1. The minimum Gasteiger partial charge on any atom is -0.478 e. The summed E-state index contributed by atoms with van der Waals surface area (Å²) >= 11 is 0. The molecule has 0 fully saturated rings. The average Bonchev–Trinajstić information content (AvgIpc) is 2.47. The lowest BCUT2D eigenvalue weighted by atomic mass is 10.2. The van der Waals surface area contributed by atoms with Crippen molar-refractivity contribution in [2.45, 2.75) is 0 Å². The second kappa shape index (κ2) is 6.38. The van der Waals surface area contributed by atoms with E-state index in [0.29, 0.717) is 11.4 Å². The zero-order chi connectivity index (χ0) is 15.2. The van der Waals surface area contributed by atoms with E-state index in [1.54, 1.807) is 42.5 Å². The maximum absolute atomic E-state index is 11.7. The third-order valence-electron chi connectivity index (χ3n) is 2.76. The Morgan fingerprint density at radius 1 is 1.00 bits per heavy atom. The van der Waals surface area contributed by atoms with Crippen LogP contribution in [0.15, 0.2) is 54.6 Å². The molecule has 0 spiro atoms. The van der Waals surface area contributed by atoms with Crippen LogP contribution < -0.4 is 11.1 Å². The summed E-state index contributed by atoms with van der Waals surface area (Å²) in [6.45, 7) is 0. The molecule has 0 aromatic heterocycles. The van der Waals surface area contributed by atoms with Crippen molar-refractivity contribution < 1.29 is 14.7 Å². The standard InChI is InChI=1S/C16H14N2O3/c17-13-6-1-11(2-7-13)3-10-15(19)18-14-8-4-12(5-9-14)16(20)21/h1-10H,17H2,(H,18,19)(H,20,21)/b10-3+. The summed E-state index contributed by atoms with van der Waals surface area (Å²) in [4.78, 5) is 22.4. The highest BCUT2D eigenvalue weighted by molar-refractivity contribution is 6.02. The van der Waals surface area contributed by atoms with Gasteiger partial charge in [-0.3, -0.25) is 4.79 Å². The van der Waals surface area contributed by atoms with Gasteiger partial charge in [-0.2, -0.15) is 0 Å². The normalized spacial score (nSPS) is 10.5. The molecule has 1 amide bonds. The molecule has 0 aliphatic rings. The molecule has 0 saturated heterocycles. The fraction of sp³-hybridized carbons (Fsp3) is 0. The van der Waals surface area contributed by atoms with Gasteiger partial charge in [-0.15, -0.1) is 0 Å². The minimum atomic E-state index is -1.00. The summed E-state index contributed by atoms with van der Waals surface area (Å²) in [5, 5.41) is 11.4. The molecule has 0 heterocycles. The largest absolute Gasteiger partial charge is 0.478 e. The van der Waals surface area contributed by atoms with Gasteiger partial charge in [-0.05, 0) is 48.0 Å². The van der Waals surface area contributed by atoms with E-state index < -0.39 is 5.97 Å². The Kier molecular flexibility index (Phi) is 4.36. The predicted molar refractivity (Wildman–Crippen MR) is 81.9 cm³/mol. The first-order chi connectivity index (χ1) is 10.0. The van der Waals surface area contributed by atoms with E-state index in [1.165, 1.54) is 18.2 Å². The first-order valence-corrected chi connectivity index (χ1v) is 6.22. The van der Waals surface area contributed by atoms with Crippen LogP contribution in [-0.4, -0.2) is 17.0 Å². The highest BCUT2D eigenvalue weighted by Gasteiger charge is 2.02. The van der Waals surface area contributed by atoms with E-state index >= 15 is 0 Å². The van der Waals surface area contributed by atoms with E-state index in [1.807, 2.05) is 0 Å². The van der Waals surface area contributed by atoms with Gasteiger partial charge in [0.05, 0.1) is 5.56 Å². The molecular weight excluding hydrogens is 268 g/mol. The van der Waals surface area contributed by atoms with Crippen LogP contribution in [0.5, 0.6) is 0 Å². The molecule has 0 aliphatic carbocycles. The molecule has 4 N–H and O–H groups in total. The highest BCUT2D eigenvalue weighted by Crippen LogP contribution is 2.10. The predicted octanol–water partition coefficient (Wildman–Crippen LogP) is 2.62. The van der Waals surface area contributed by atoms with Crippen molar-refractivity contribution in [2.24, 2.45) is 0 Å². The van der Waals surface area contributed by atoms with Crippen LogP contribution in [0.3, 0.4) is 0 Å². The van der Waals surface area contributed by atoms with Gasteiger partial charge in [-0.1, -0.05) is 12.1 Å². The molecule has 106 valence electrons. The Labute approximate surface area is 121 Å². The topological polar surface area (TPSA) is 92.4 Å². The fourth-order valence-corrected chi connectivity index (χ4v) is 1.66. The SMILES string of the molecule is Nc1ccc(/C=C/C(=O)Nc2ccc(C(=O)O)cc2)cc1. The van der Waals surface area contributed by atoms with Gasteiger partial charge < -0.3 is 16.2 Å². The molecule has 0 unspecified atom stereocenters. The third-order valence-corrected chi connectivity index (χ3v) is 2.76. The van der Waals surface area contributed by atoms with E-state index in [-0.39, 0.29) is 11.5 Å². The Bertz CT molecular complexity index is 674. The lowest BCUT2D eigenvalue weighted by Crippen LogP contribution is -2.08. The highest BCUT2D eigenvalue weighted by atomic mass is 16.4. The maximum Gasteiger partial charge on any atom is 0.335 e. The Morgan fingerprint density at radius 3 is 2.19 bits per heavy atom. The molecule has 5 heteroatoms. The molecule has 0 aliphatic heterocycles. The van der Waals surface area contributed by atoms with Crippen LogP contribution in [0, 0.1) is 0 Å². The summed E-state index contributed by atoms with van der Waals surface area (Å²) in [6, 6.07) is 13.1. The fourth-order valence-electron chi connectivity index (χ4n) is 1.66. The number of carbonyl (C=O) groups is 2. The second-order valence-electron chi connectivity index (χ2n) is 4.37. The van der Waals surface area contributed by atoms with Crippen molar-refractivity contribution in [2.75, 3.05) is 11.1 Å². The Hall–Kier alpha value is -3.08. The monoisotopic (exact) mass is 282 g/mol. The van der Waals surface area contributed by atoms with E-state index in [9.17, 15) is 9.59 Å². The maximum atomic E-state index is 11.7. The summed E-state index contributed by atoms with van der Waals surface area (Å²) in [7, 11) is 0. The summed E-state index contributed by atoms with van der Waals surface area (Å²) in [5.74, 6) is -1.30. The number of nitrogens with one attached hydrogen (secondary N) is 1. The number of benzene rings is 2. The number of hydrogen-bond donors (Lipinski definition) is 3. The third kappa shape index (κ3) is 4.21. The van der Waals surface area contributed by atoms with E-state index in [0.717, 1.165) is 5.56 Å². The molecule has 21 heavy (non-hydrogen) atoms. The average molecular weight is 282 g/mol. The zero-order valence-corrected chi connectivity index (χ0v) is 11.1. The van der Waals surface area contributed by atoms with Gasteiger partial charge >= 0.3 is 5.97 Å². The molecule has 2 aromatic carbocycles.